The standard InChI is InChI=1S/C20H24N2O5/c1-19(15-6-5-10-21-13-15)20(2,24)22(18(23)27-19)11-9-14-7-8-16(25-3)17(12-14)26-4/h5-8,10,12-13,24H,9,11H2,1-4H3/t19-,20+/m1/s1. The van der Waals surface area contributed by atoms with Crippen LogP contribution in [0.15, 0.2) is 42.7 Å². The van der Waals surface area contributed by atoms with E-state index in [1.165, 1.54) is 4.90 Å². The van der Waals surface area contributed by atoms with Crippen LogP contribution in [0, 0.1) is 0 Å². The lowest BCUT2D eigenvalue weighted by atomic mass is 9.86. The number of cyclic esters (lactones) is 1. The SMILES string of the molecule is COc1ccc(CCN2C(=O)O[C@](C)(c3cccnc3)[C@]2(C)O)cc1OC. The van der Waals surface area contributed by atoms with Crippen molar-refractivity contribution in [1.29, 1.82) is 0 Å². The Labute approximate surface area is 158 Å². The Morgan fingerprint density at radius 2 is 1.93 bits per heavy atom. The topological polar surface area (TPSA) is 81.1 Å². The van der Waals surface area contributed by atoms with E-state index in [1.54, 1.807) is 52.6 Å². The van der Waals surface area contributed by atoms with Gasteiger partial charge in [-0.15, -0.1) is 0 Å². The summed E-state index contributed by atoms with van der Waals surface area (Å²) in [5.41, 5.74) is -1.15. The summed E-state index contributed by atoms with van der Waals surface area (Å²) in [5, 5.41) is 11.2. The quantitative estimate of drug-likeness (QED) is 0.840. The summed E-state index contributed by atoms with van der Waals surface area (Å²) >= 11 is 0. The fourth-order valence-corrected chi connectivity index (χ4v) is 3.33. The highest BCUT2D eigenvalue weighted by molar-refractivity contribution is 5.72. The summed E-state index contributed by atoms with van der Waals surface area (Å²) in [6.45, 7) is 3.56. The van der Waals surface area contributed by atoms with Crippen LogP contribution in [-0.2, 0) is 16.8 Å². The lowest BCUT2D eigenvalue weighted by Crippen LogP contribution is -2.53. The van der Waals surface area contributed by atoms with E-state index in [-0.39, 0.29) is 6.54 Å². The summed E-state index contributed by atoms with van der Waals surface area (Å²) < 4.78 is 16.1. The molecule has 2 atom stereocenters. The predicted octanol–water partition coefficient (Wildman–Crippen LogP) is 2.72. The van der Waals surface area contributed by atoms with Crippen molar-refractivity contribution in [2.45, 2.75) is 31.6 Å². The smallest absolute Gasteiger partial charge is 0.413 e. The Kier molecular flexibility index (Phi) is 4.97. The van der Waals surface area contributed by atoms with Crippen LogP contribution >= 0.6 is 0 Å². The van der Waals surface area contributed by atoms with Crippen LogP contribution < -0.4 is 9.47 Å². The summed E-state index contributed by atoms with van der Waals surface area (Å²) in [4.78, 5) is 17.9. The zero-order chi connectivity index (χ0) is 19.7. The second-order valence-electron chi connectivity index (χ2n) is 6.75. The van der Waals surface area contributed by atoms with Crippen LogP contribution in [0.1, 0.15) is 25.0 Å². The molecule has 0 unspecified atom stereocenters. The average Bonchev–Trinajstić information content (AvgIpc) is 2.85. The Morgan fingerprint density at radius 1 is 1.19 bits per heavy atom. The number of methoxy groups -OCH3 is 2. The van der Waals surface area contributed by atoms with E-state index in [0.29, 0.717) is 23.5 Å². The second kappa shape index (κ2) is 7.08. The molecular formula is C20H24N2O5. The number of rotatable bonds is 6. The molecule has 27 heavy (non-hydrogen) atoms. The van der Waals surface area contributed by atoms with Gasteiger partial charge in [0.25, 0.3) is 0 Å². The van der Waals surface area contributed by atoms with Gasteiger partial charge in [0.1, 0.15) is 0 Å². The maximum atomic E-state index is 12.5. The van der Waals surface area contributed by atoms with Crippen LogP contribution in [-0.4, -0.2) is 47.6 Å². The van der Waals surface area contributed by atoms with Gasteiger partial charge >= 0.3 is 6.09 Å². The number of benzene rings is 1. The molecule has 0 saturated carbocycles. The van der Waals surface area contributed by atoms with Crippen molar-refractivity contribution in [3.05, 3.63) is 53.9 Å². The first-order valence-electron chi connectivity index (χ1n) is 8.68. The van der Waals surface area contributed by atoms with Crippen molar-refractivity contribution in [1.82, 2.24) is 9.88 Å². The highest BCUT2D eigenvalue weighted by Crippen LogP contribution is 2.44. The molecule has 1 aromatic carbocycles. The largest absolute Gasteiger partial charge is 0.493 e. The van der Waals surface area contributed by atoms with Crippen molar-refractivity contribution < 1.29 is 24.1 Å². The third-order valence-electron chi connectivity index (χ3n) is 5.23. The molecule has 0 spiro atoms. The normalized spacial score (nSPS) is 24.6. The third kappa shape index (κ3) is 3.19. The second-order valence-corrected chi connectivity index (χ2v) is 6.75. The summed E-state index contributed by atoms with van der Waals surface area (Å²) in [6, 6.07) is 9.10. The van der Waals surface area contributed by atoms with Crippen molar-refractivity contribution in [2.24, 2.45) is 0 Å². The molecule has 1 saturated heterocycles. The Hall–Kier alpha value is -2.80. The summed E-state index contributed by atoms with van der Waals surface area (Å²) in [7, 11) is 3.15. The van der Waals surface area contributed by atoms with E-state index in [2.05, 4.69) is 4.98 Å². The maximum Gasteiger partial charge on any atom is 0.413 e. The Morgan fingerprint density at radius 3 is 2.56 bits per heavy atom. The van der Waals surface area contributed by atoms with Crippen LogP contribution in [0.5, 0.6) is 11.5 Å². The van der Waals surface area contributed by atoms with Crippen LogP contribution in [0.2, 0.25) is 0 Å². The molecule has 1 aliphatic heterocycles. The Balaban J connectivity index is 1.80. The van der Waals surface area contributed by atoms with E-state index in [9.17, 15) is 9.90 Å². The maximum absolute atomic E-state index is 12.5. The van der Waals surface area contributed by atoms with Gasteiger partial charge in [-0.3, -0.25) is 9.88 Å². The van der Waals surface area contributed by atoms with Crippen LogP contribution in [0.4, 0.5) is 4.79 Å². The summed E-state index contributed by atoms with van der Waals surface area (Å²) in [6.07, 6.45) is 3.19. The molecule has 1 N–H and O–H groups in total. The average molecular weight is 372 g/mol. The van der Waals surface area contributed by atoms with Crippen molar-refractivity contribution in [3.63, 3.8) is 0 Å². The van der Waals surface area contributed by atoms with Gasteiger partial charge in [-0.2, -0.15) is 0 Å². The molecule has 7 heteroatoms. The van der Waals surface area contributed by atoms with Gasteiger partial charge in [-0.05, 0) is 44.0 Å². The number of carbonyl (C=O) groups is 1. The molecular weight excluding hydrogens is 348 g/mol. The fraction of sp³-hybridized carbons (Fsp3) is 0.400. The molecule has 1 aliphatic rings. The van der Waals surface area contributed by atoms with E-state index in [1.807, 2.05) is 18.2 Å². The molecule has 1 aromatic heterocycles. The van der Waals surface area contributed by atoms with Crippen molar-refractivity contribution in [3.8, 4) is 11.5 Å². The number of pyridine rings is 1. The van der Waals surface area contributed by atoms with Crippen LogP contribution in [0.3, 0.4) is 0 Å². The number of hydrogen-bond acceptors (Lipinski definition) is 6. The molecule has 2 heterocycles. The molecule has 0 radical (unpaired) electrons. The lowest BCUT2D eigenvalue weighted by molar-refractivity contribution is -0.140. The minimum absolute atomic E-state index is 0.289. The molecule has 1 amide bonds. The first kappa shape index (κ1) is 19.0. The first-order chi connectivity index (χ1) is 12.8. The number of amides is 1. The monoisotopic (exact) mass is 372 g/mol. The van der Waals surface area contributed by atoms with Crippen molar-refractivity contribution >= 4 is 6.09 Å². The van der Waals surface area contributed by atoms with E-state index >= 15 is 0 Å². The Bertz CT molecular complexity index is 824. The van der Waals surface area contributed by atoms with Gasteiger partial charge < -0.3 is 19.3 Å². The minimum Gasteiger partial charge on any atom is -0.493 e. The number of aliphatic hydroxyl groups is 1. The van der Waals surface area contributed by atoms with Gasteiger partial charge in [0.2, 0.25) is 0 Å². The highest BCUT2D eigenvalue weighted by atomic mass is 16.6. The van der Waals surface area contributed by atoms with Gasteiger partial charge in [0.05, 0.1) is 14.2 Å². The molecule has 7 nitrogen and oxygen atoms in total. The predicted molar refractivity (Wildman–Crippen MR) is 98.6 cm³/mol. The molecule has 0 bridgehead atoms. The number of carbonyl (C=O) groups excluding carboxylic acids is 1. The van der Waals surface area contributed by atoms with Gasteiger partial charge in [0, 0.05) is 24.5 Å². The van der Waals surface area contributed by atoms with Gasteiger partial charge in [0.15, 0.2) is 22.8 Å². The molecule has 144 valence electrons. The van der Waals surface area contributed by atoms with E-state index in [4.69, 9.17) is 14.2 Å². The fourth-order valence-electron chi connectivity index (χ4n) is 3.33. The van der Waals surface area contributed by atoms with Gasteiger partial charge in [-0.1, -0.05) is 12.1 Å². The lowest BCUT2D eigenvalue weighted by Gasteiger charge is -2.37. The summed E-state index contributed by atoms with van der Waals surface area (Å²) in [5.74, 6) is 1.25. The van der Waals surface area contributed by atoms with Crippen molar-refractivity contribution in [2.75, 3.05) is 20.8 Å². The van der Waals surface area contributed by atoms with E-state index in [0.717, 1.165) is 5.56 Å². The molecule has 2 aromatic rings. The first-order valence-corrected chi connectivity index (χ1v) is 8.68. The number of nitrogens with zero attached hydrogens (tertiary/aromatic N) is 2. The number of aromatic nitrogens is 1. The zero-order valence-electron chi connectivity index (χ0n) is 15.9. The molecule has 3 rings (SSSR count). The highest BCUT2D eigenvalue weighted by Gasteiger charge is 2.60. The van der Waals surface area contributed by atoms with Gasteiger partial charge in [-0.25, -0.2) is 4.79 Å². The zero-order valence-corrected chi connectivity index (χ0v) is 15.9. The van der Waals surface area contributed by atoms with E-state index < -0.39 is 17.4 Å². The number of ether oxygens (including phenoxy) is 3. The van der Waals surface area contributed by atoms with Crippen LogP contribution in [0.25, 0.3) is 0 Å². The molecule has 1 fully saturated rings. The number of hydrogen-bond donors (Lipinski definition) is 1. The minimum atomic E-state index is -1.52. The third-order valence-corrected chi connectivity index (χ3v) is 5.23. The molecule has 0 aliphatic carbocycles.